The first-order valence-electron chi connectivity index (χ1n) is 6.01. The maximum absolute atomic E-state index is 11.2. The molecule has 0 fully saturated rings. The highest BCUT2D eigenvalue weighted by Gasteiger charge is 2.07. The number of rotatable bonds is 8. The molecule has 0 aliphatic carbocycles. The molecule has 0 aromatic rings. The van der Waals surface area contributed by atoms with E-state index in [1.165, 1.54) is 25.7 Å². The number of unbranched alkanes of at least 4 members (excludes halogenated alkanes) is 1. The van der Waals surface area contributed by atoms with Gasteiger partial charge in [-0.05, 0) is 18.8 Å². The molecule has 0 saturated heterocycles. The highest BCUT2D eigenvalue weighted by molar-refractivity contribution is 5.75. The van der Waals surface area contributed by atoms with Gasteiger partial charge in [0.05, 0.1) is 0 Å². The highest BCUT2D eigenvalue weighted by atomic mass is 16.1. The van der Waals surface area contributed by atoms with E-state index < -0.39 is 0 Å². The molecule has 1 unspecified atom stereocenters. The minimum Gasteiger partial charge on any atom is -0.356 e. The molecule has 0 bridgehead atoms. The maximum atomic E-state index is 11.2. The lowest BCUT2D eigenvalue weighted by Crippen LogP contribution is -2.28. The maximum Gasteiger partial charge on any atom is 0.219 e. The van der Waals surface area contributed by atoms with Gasteiger partial charge in [-0.2, -0.15) is 0 Å². The Labute approximate surface area is 88.5 Å². The fraction of sp³-hybridized carbons (Fsp3) is 0.917. The van der Waals surface area contributed by atoms with Crippen LogP contribution in [0.3, 0.4) is 0 Å². The summed E-state index contributed by atoms with van der Waals surface area (Å²) >= 11 is 0. The van der Waals surface area contributed by atoms with Crippen molar-refractivity contribution in [2.75, 3.05) is 6.54 Å². The number of hydrogen-bond donors (Lipinski definition) is 1. The Kier molecular flexibility index (Phi) is 8.70. The van der Waals surface area contributed by atoms with Crippen molar-refractivity contribution in [3.63, 3.8) is 0 Å². The van der Waals surface area contributed by atoms with Crippen LogP contribution in [0.5, 0.6) is 0 Å². The first-order chi connectivity index (χ1) is 6.74. The van der Waals surface area contributed by atoms with E-state index >= 15 is 0 Å². The molecule has 0 spiro atoms. The smallest absolute Gasteiger partial charge is 0.219 e. The summed E-state index contributed by atoms with van der Waals surface area (Å²) < 4.78 is 0. The van der Waals surface area contributed by atoms with Crippen molar-refractivity contribution in [3.8, 4) is 0 Å². The largest absolute Gasteiger partial charge is 0.356 e. The Morgan fingerprint density at radius 2 is 1.93 bits per heavy atom. The second kappa shape index (κ2) is 9.04. The molecule has 14 heavy (non-hydrogen) atoms. The number of nitrogens with one attached hydrogen (secondary N) is 1. The second-order valence-electron chi connectivity index (χ2n) is 3.97. The van der Waals surface area contributed by atoms with Gasteiger partial charge >= 0.3 is 0 Å². The van der Waals surface area contributed by atoms with Gasteiger partial charge in [-0.25, -0.2) is 0 Å². The van der Waals surface area contributed by atoms with Crippen LogP contribution >= 0.6 is 0 Å². The Morgan fingerprint density at radius 3 is 2.43 bits per heavy atom. The van der Waals surface area contributed by atoms with Crippen LogP contribution in [0.1, 0.15) is 59.3 Å². The average molecular weight is 199 g/mol. The van der Waals surface area contributed by atoms with Gasteiger partial charge in [0.2, 0.25) is 5.91 Å². The van der Waals surface area contributed by atoms with Gasteiger partial charge in [0.25, 0.3) is 0 Å². The minimum atomic E-state index is 0.211. The van der Waals surface area contributed by atoms with Gasteiger partial charge in [0.15, 0.2) is 0 Å². The molecule has 0 radical (unpaired) electrons. The molecule has 0 aliphatic rings. The zero-order valence-corrected chi connectivity index (χ0v) is 9.94. The van der Waals surface area contributed by atoms with Crippen molar-refractivity contribution < 1.29 is 4.79 Å². The van der Waals surface area contributed by atoms with Crippen LogP contribution in [0.15, 0.2) is 0 Å². The number of carbonyl (C=O) groups excluding carboxylic acids is 1. The number of hydrogen-bond acceptors (Lipinski definition) is 1. The van der Waals surface area contributed by atoms with Crippen molar-refractivity contribution in [3.05, 3.63) is 0 Å². The molecule has 2 nitrogen and oxygen atoms in total. The monoisotopic (exact) mass is 199 g/mol. The zero-order valence-electron chi connectivity index (χ0n) is 9.94. The van der Waals surface area contributed by atoms with Crippen molar-refractivity contribution in [2.24, 2.45) is 5.92 Å². The van der Waals surface area contributed by atoms with Crippen LogP contribution in [0.2, 0.25) is 0 Å². The van der Waals surface area contributed by atoms with Crippen LogP contribution in [0.4, 0.5) is 0 Å². The van der Waals surface area contributed by atoms with E-state index in [9.17, 15) is 4.79 Å². The fourth-order valence-corrected chi connectivity index (χ4v) is 1.52. The van der Waals surface area contributed by atoms with Gasteiger partial charge < -0.3 is 5.32 Å². The van der Waals surface area contributed by atoms with E-state index in [4.69, 9.17) is 0 Å². The SMILES string of the molecule is CCCCC(CC)CNC(=O)CCC. The highest BCUT2D eigenvalue weighted by Crippen LogP contribution is 2.11. The summed E-state index contributed by atoms with van der Waals surface area (Å²) in [7, 11) is 0. The lowest BCUT2D eigenvalue weighted by atomic mass is 9.99. The molecule has 2 heteroatoms. The Morgan fingerprint density at radius 1 is 1.21 bits per heavy atom. The topological polar surface area (TPSA) is 29.1 Å². The third-order valence-electron chi connectivity index (χ3n) is 2.61. The fourth-order valence-electron chi connectivity index (χ4n) is 1.52. The molecule has 0 aromatic heterocycles. The third kappa shape index (κ3) is 6.93. The molecular formula is C12H25NO. The Hall–Kier alpha value is -0.530. The first kappa shape index (κ1) is 13.5. The van der Waals surface area contributed by atoms with Crippen molar-refractivity contribution in [1.29, 1.82) is 0 Å². The molecule has 1 atom stereocenters. The molecule has 0 aliphatic heterocycles. The van der Waals surface area contributed by atoms with E-state index in [1.807, 2.05) is 6.92 Å². The summed E-state index contributed by atoms with van der Waals surface area (Å²) in [6, 6.07) is 0. The Balaban J connectivity index is 3.55. The van der Waals surface area contributed by atoms with E-state index in [0.717, 1.165) is 13.0 Å². The third-order valence-corrected chi connectivity index (χ3v) is 2.61. The molecule has 0 saturated carbocycles. The van der Waals surface area contributed by atoms with Crippen molar-refractivity contribution >= 4 is 5.91 Å². The van der Waals surface area contributed by atoms with Gasteiger partial charge in [0, 0.05) is 13.0 Å². The average Bonchev–Trinajstić information content (AvgIpc) is 2.19. The number of carbonyl (C=O) groups is 1. The minimum absolute atomic E-state index is 0.211. The molecule has 0 rings (SSSR count). The van der Waals surface area contributed by atoms with E-state index in [2.05, 4.69) is 19.2 Å². The normalized spacial score (nSPS) is 12.5. The summed E-state index contributed by atoms with van der Waals surface area (Å²) in [4.78, 5) is 11.2. The number of amides is 1. The molecule has 1 amide bonds. The van der Waals surface area contributed by atoms with Crippen LogP contribution in [-0.4, -0.2) is 12.5 Å². The van der Waals surface area contributed by atoms with Gasteiger partial charge in [-0.1, -0.05) is 40.0 Å². The summed E-state index contributed by atoms with van der Waals surface area (Å²) in [5, 5.41) is 3.00. The lowest BCUT2D eigenvalue weighted by Gasteiger charge is -2.14. The molecular weight excluding hydrogens is 174 g/mol. The van der Waals surface area contributed by atoms with Crippen molar-refractivity contribution in [2.45, 2.75) is 59.3 Å². The molecule has 1 N–H and O–H groups in total. The van der Waals surface area contributed by atoms with Crippen LogP contribution in [0, 0.1) is 5.92 Å². The standard InChI is InChI=1S/C12H25NO/c1-4-7-9-11(6-3)10-13-12(14)8-5-2/h11H,4-10H2,1-3H3,(H,13,14). The summed E-state index contributed by atoms with van der Waals surface area (Å²) in [6.45, 7) is 7.32. The van der Waals surface area contributed by atoms with Gasteiger partial charge in [0.1, 0.15) is 0 Å². The molecule has 0 aromatic carbocycles. The zero-order chi connectivity index (χ0) is 10.8. The van der Waals surface area contributed by atoms with Gasteiger partial charge in [-0.3, -0.25) is 4.79 Å². The van der Waals surface area contributed by atoms with Crippen LogP contribution in [0.25, 0.3) is 0 Å². The predicted molar refractivity (Wildman–Crippen MR) is 61.2 cm³/mol. The van der Waals surface area contributed by atoms with Crippen LogP contribution in [-0.2, 0) is 4.79 Å². The predicted octanol–water partition coefficient (Wildman–Crippen LogP) is 3.12. The lowest BCUT2D eigenvalue weighted by molar-refractivity contribution is -0.121. The molecule has 84 valence electrons. The van der Waals surface area contributed by atoms with E-state index in [1.54, 1.807) is 0 Å². The summed E-state index contributed by atoms with van der Waals surface area (Å²) in [6.07, 6.45) is 6.56. The Bertz CT molecular complexity index is 145. The first-order valence-corrected chi connectivity index (χ1v) is 6.01. The molecule has 0 heterocycles. The van der Waals surface area contributed by atoms with Crippen LogP contribution < -0.4 is 5.32 Å². The second-order valence-corrected chi connectivity index (χ2v) is 3.97. The van der Waals surface area contributed by atoms with E-state index in [0.29, 0.717) is 12.3 Å². The van der Waals surface area contributed by atoms with Gasteiger partial charge in [-0.15, -0.1) is 0 Å². The summed E-state index contributed by atoms with van der Waals surface area (Å²) in [5.74, 6) is 0.887. The van der Waals surface area contributed by atoms with E-state index in [-0.39, 0.29) is 5.91 Å². The van der Waals surface area contributed by atoms with Crippen molar-refractivity contribution in [1.82, 2.24) is 5.32 Å². The summed E-state index contributed by atoms with van der Waals surface area (Å²) in [5.41, 5.74) is 0. The quantitative estimate of drug-likeness (QED) is 0.639.